The lowest BCUT2D eigenvalue weighted by molar-refractivity contribution is -0.152. The Labute approximate surface area is 421 Å². The number of unbranched alkanes of at least 4 members (excludes halogenated alkanes) is 2. The zero-order valence-corrected chi connectivity index (χ0v) is 41.4. The fourth-order valence-electron chi connectivity index (χ4n) is 10.1. The molecule has 3 fully saturated rings. The molecule has 366 valence electrons. The minimum absolute atomic E-state index is 0.229. The number of esters is 4. The van der Waals surface area contributed by atoms with E-state index in [-0.39, 0.29) is 29.7 Å². The van der Waals surface area contributed by atoms with Crippen LogP contribution in [-0.4, -0.2) is 42.7 Å². The van der Waals surface area contributed by atoms with Crippen molar-refractivity contribution in [2.45, 2.75) is 129 Å². The molecule has 0 aliphatic heterocycles. The molecule has 0 radical (unpaired) electrons. The Bertz CT molecular complexity index is 2650. The molecule has 7 rings (SSSR count). The Balaban J connectivity index is 0.933. The van der Waals surface area contributed by atoms with Crippen LogP contribution >= 0.6 is 0 Å². The molecule has 3 saturated carbocycles. The van der Waals surface area contributed by atoms with E-state index in [2.05, 4.69) is 48.4 Å². The second-order valence-corrected chi connectivity index (χ2v) is 19.5. The quantitative estimate of drug-likeness (QED) is 0.0405. The smallest absolute Gasteiger partial charge is 0.339 e. The van der Waals surface area contributed by atoms with Crippen molar-refractivity contribution in [1.82, 2.24) is 0 Å². The van der Waals surface area contributed by atoms with Crippen LogP contribution in [0.1, 0.15) is 167 Å². The van der Waals surface area contributed by atoms with Gasteiger partial charge in [-0.2, -0.15) is 0 Å². The highest BCUT2D eigenvalue weighted by Crippen LogP contribution is 2.44. The van der Waals surface area contributed by atoms with Crippen molar-refractivity contribution in [3.63, 3.8) is 0 Å². The van der Waals surface area contributed by atoms with Gasteiger partial charge in [0, 0.05) is 40.3 Å². The second kappa shape index (κ2) is 26.3. The first-order valence-corrected chi connectivity index (χ1v) is 25.8. The Morgan fingerprint density at radius 1 is 0.549 bits per heavy atom. The molecule has 8 nitrogen and oxygen atoms in total. The van der Waals surface area contributed by atoms with Crippen LogP contribution in [0.4, 0.5) is 0 Å². The standard InChI is InChI=1S/C63H66O8/c1-4-9-48-26-28-54(29-27-48)55-39-42-63(43-40-55,41-38-53-24-22-52(23-25-53)21-20-51-18-16-50(17-19-51)15-14-49-12-10-47(5-2)11-13-49)71-62(67)58-34-36-59(37-35-58)70-61(66)57-32-30-56(31-33-57)60(65)69-45-8-6-7-44-68-46(3)64/h2,10-13,16-19,22-25,34-37,48,54-57H,4,6-9,26-33,39-40,42-45H2,1,3H3. The van der Waals surface area contributed by atoms with Crippen molar-refractivity contribution in [1.29, 1.82) is 0 Å². The molecule has 4 aromatic rings. The molecule has 8 heteroatoms. The molecular formula is C63H66O8. The first-order valence-electron chi connectivity index (χ1n) is 25.8. The second-order valence-electron chi connectivity index (χ2n) is 19.5. The van der Waals surface area contributed by atoms with E-state index >= 15 is 0 Å². The fourth-order valence-corrected chi connectivity index (χ4v) is 10.1. The molecule has 0 aromatic heterocycles. The summed E-state index contributed by atoms with van der Waals surface area (Å²) in [5, 5.41) is 0. The van der Waals surface area contributed by atoms with Crippen LogP contribution in [0.15, 0.2) is 97.1 Å². The SMILES string of the molecule is C#Cc1ccc(C#Cc2ccc(C#Cc3ccc(C#CC4(OC(=O)c5ccc(OC(=O)C6CCC(C(=O)OCCCCCOC(C)=O)CC6)cc5)CCC(C5CCC(CCC)CC5)CC4)cc3)cc2)cc1. The van der Waals surface area contributed by atoms with E-state index < -0.39 is 11.6 Å². The van der Waals surface area contributed by atoms with Crippen LogP contribution in [0.2, 0.25) is 0 Å². The minimum Gasteiger partial charge on any atom is -0.466 e. The van der Waals surface area contributed by atoms with Crippen LogP contribution in [0, 0.1) is 77.5 Å². The van der Waals surface area contributed by atoms with Gasteiger partial charge in [-0.3, -0.25) is 14.4 Å². The number of hydrogen-bond donors (Lipinski definition) is 0. The summed E-state index contributed by atoms with van der Waals surface area (Å²) in [6.07, 6.45) is 20.9. The van der Waals surface area contributed by atoms with Crippen LogP contribution in [0.3, 0.4) is 0 Å². The molecule has 0 unspecified atom stereocenters. The van der Waals surface area contributed by atoms with Gasteiger partial charge in [-0.25, -0.2) is 4.79 Å². The summed E-state index contributed by atoms with van der Waals surface area (Å²) in [5.41, 5.74) is 4.63. The highest BCUT2D eigenvalue weighted by Gasteiger charge is 2.41. The Morgan fingerprint density at radius 2 is 1.01 bits per heavy atom. The number of benzene rings is 4. The average Bonchev–Trinajstić information content (AvgIpc) is 3.40. The fraction of sp³-hybridized carbons (Fsp3) is 0.429. The molecule has 3 aliphatic carbocycles. The van der Waals surface area contributed by atoms with E-state index in [9.17, 15) is 19.2 Å². The number of carbonyl (C=O) groups excluding carboxylic acids is 4. The lowest BCUT2D eigenvalue weighted by Gasteiger charge is -2.41. The Hall–Kier alpha value is -7.00. The molecule has 0 saturated heterocycles. The zero-order valence-electron chi connectivity index (χ0n) is 41.4. The van der Waals surface area contributed by atoms with Gasteiger partial charge >= 0.3 is 23.9 Å². The third-order valence-electron chi connectivity index (χ3n) is 14.4. The largest absolute Gasteiger partial charge is 0.466 e. The maximum Gasteiger partial charge on any atom is 0.339 e. The summed E-state index contributed by atoms with van der Waals surface area (Å²) in [6.45, 7) is 4.36. The van der Waals surface area contributed by atoms with Gasteiger partial charge in [-0.05, 0) is 204 Å². The van der Waals surface area contributed by atoms with Crippen molar-refractivity contribution in [3.05, 3.63) is 136 Å². The molecule has 0 heterocycles. The zero-order chi connectivity index (χ0) is 49.8. The van der Waals surface area contributed by atoms with Gasteiger partial charge in [0.25, 0.3) is 0 Å². The van der Waals surface area contributed by atoms with E-state index in [1.165, 1.54) is 45.4 Å². The first-order chi connectivity index (χ1) is 34.6. The number of terminal acetylenes is 1. The molecule has 0 amide bonds. The summed E-state index contributed by atoms with van der Waals surface area (Å²) in [5.74, 6) is 22.9. The lowest BCUT2D eigenvalue weighted by Crippen LogP contribution is -2.39. The van der Waals surface area contributed by atoms with Gasteiger partial charge in [0.15, 0.2) is 5.60 Å². The van der Waals surface area contributed by atoms with Crippen molar-refractivity contribution in [2.75, 3.05) is 13.2 Å². The van der Waals surface area contributed by atoms with E-state index in [1.54, 1.807) is 24.3 Å². The highest BCUT2D eigenvalue weighted by molar-refractivity contribution is 5.90. The van der Waals surface area contributed by atoms with Gasteiger partial charge < -0.3 is 18.9 Å². The third-order valence-corrected chi connectivity index (χ3v) is 14.4. The van der Waals surface area contributed by atoms with Crippen LogP contribution in [-0.2, 0) is 28.6 Å². The van der Waals surface area contributed by atoms with Crippen LogP contribution in [0.5, 0.6) is 5.75 Å². The minimum atomic E-state index is -0.933. The number of carbonyl (C=O) groups is 4. The van der Waals surface area contributed by atoms with Gasteiger partial charge in [0.05, 0.1) is 30.6 Å². The summed E-state index contributed by atoms with van der Waals surface area (Å²) in [6, 6.07) is 29.9. The van der Waals surface area contributed by atoms with Gasteiger partial charge in [-0.15, -0.1) is 6.42 Å². The predicted octanol–water partition coefficient (Wildman–Crippen LogP) is 12.2. The molecule has 3 aliphatic rings. The van der Waals surface area contributed by atoms with Crippen LogP contribution < -0.4 is 4.74 Å². The lowest BCUT2D eigenvalue weighted by atomic mass is 9.67. The molecule has 4 aromatic carbocycles. The molecular weight excluding hydrogens is 885 g/mol. The van der Waals surface area contributed by atoms with Crippen molar-refractivity contribution in [3.8, 4) is 53.6 Å². The van der Waals surface area contributed by atoms with Crippen LogP contribution in [0.25, 0.3) is 0 Å². The maximum absolute atomic E-state index is 13.9. The molecule has 0 bridgehead atoms. The number of ether oxygens (including phenoxy) is 4. The summed E-state index contributed by atoms with van der Waals surface area (Å²) >= 11 is 0. The highest BCUT2D eigenvalue weighted by atomic mass is 16.6. The summed E-state index contributed by atoms with van der Waals surface area (Å²) in [7, 11) is 0. The van der Waals surface area contributed by atoms with Crippen molar-refractivity contribution < 1.29 is 38.1 Å². The van der Waals surface area contributed by atoms with Gasteiger partial charge in [0.1, 0.15) is 5.75 Å². The molecule has 0 N–H and O–H groups in total. The van der Waals surface area contributed by atoms with Crippen molar-refractivity contribution in [2.24, 2.45) is 29.6 Å². The maximum atomic E-state index is 13.9. The molecule has 71 heavy (non-hydrogen) atoms. The molecule has 0 spiro atoms. The van der Waals surface area contributed by atoms with E-state index in [0.29, 0.717) is 81.3 Å². The van der Waals surface area contributed by atoms with Gasteiger partial charge in [0.2, 0.25) is 0 Å². The average molecular weight is 951 g/mol. The third kappa shape index (κ3) is 16.0. The Morgan fingerprint density at radius 3 is 1.51 bits per heavy atom. The summed E-state index contributed by atoms with van der Waals surface area (Å²) < 4.78 is 22.6. The summed E-state index contributed by atoms with van der Waals surface area (Å²) in [4.78, 5) is 50.6. The Kier molecular flexibility index (Phi) is 19.2. The monoisotopic (exact) mass is 950 g/mol. The number of rotatable bonds is 14. The van der Waals surface area contributed by atoms with E-state index in [1.807, 2.05) is 72.8 Å². The van der Waals surface area contributed by atoms with Crippen molar-refractivity contribution >= 4 is 23.9 Å². The molecule has 0 atom stereocenters. The first kappa shape index (κ1) is 51.8. The predicted molar refractivity (Wildman–Crippen MR) is 276 cm³/mol. The van der Waals surface area contributed by atoms with E-state index in [0.717, 1.165) is 65.0 Å². The van der Waals surface area contributed by atoms with Gasteiger partial charge in [-0.1, -0.05) is 68.1 Å². The van der Waals surface area contributed by atoms with E-state index in [4.69, 9.17) is 25.4 Å². The normalized spacial score (nSPS) is 21.5. The number of hydrogen-bond acceptors (Lipinski definition) is 8. The topological polar surface area (TPSA) is 105 Å².